The Bertz CT molecular complexity index is 372. The molecule has 0 bridgehead atoms. The molecule has 0 spiro atoms. The van der Waals surface area contributed by atoms with Crippen molar-refractivity contribution in [3.8, 4) is 0 Å². The van der Waals surface area contributed by atoms with E-state index in [1.54, 1.807) is 6.20 Å². The average molecular weight is 215 g/mol. The minimum atomic E-state index is -0.350. The Labute approximate surface area is 86.0 Å². The summed E-state index contributed by atoms with van der Waals surface area (Å²) in [6.07, 6.45) is 3.79. The van der Waals surface area contributed by atoms with Gasteiger partial charge in [-0.05, 0) is 12.8 Å². The summed E-state index contributed by atoms with van der Waals surface area (Å²) in [4.78, 5) is 11.2. The van der Waals surface area contributed by atoms with Crippen LogP contribution in [-0.2, 0) is 0 Å². The monoisotopic (exact) mass is 214 g/mol. The molecule has 0 atom stereocenters. The molecule has 2 N–H and O–H groups in total. The zero-order chi connectivity index (χ0) is 9.97. The SMILES string of the molecule is O=c1[nH]ncc(N2CCCCN2)c1Cl. The van der Waals surface area contributed by atoms with Gasteiger partial charge >= 0.3 is 0 Å². The van der Waals surface area contributed by atoms with Crippen LogP contribution in [0.5, 0.6) is 0 Å². The summed E-state index contributed by atoms with van der Waals surface area (Å²) >= 11 is 5.86. The predicted molar refractivity (Wildman–Crippen MR) is 54.5 cm³/mol. The maximum absolute atomic E-state index is 11.2. The maximum atomic E-state index is 11.2. The molecule has 0 aliphatic carbocycles. The Morgan fingerprint density at radius 1 is 1.50 bits per heavy atom. The topological polar surface area (TPSA) is 61.0 Å². The molecule has 2 heterocycles. The van der Waals surface area contributed by atoms with Crippen molar-refractivity contribution in [1.82, 2.24) is 15.6 Å². The van der Waals surface area contributed by atoms with E-state index in [0.29, 0.717) is 5.69 Å². The van der Waals surface area contributed by atoms with Gasteiger partial charge in [0.1, 0.15) is 5.02 Å². The lowest BCUT2D eigenvalue weighted by atomic mass is 10.2. The van der Waals surface area contributed by atoms with Gasteiger partial charge < -0.3 is 5.01 Å². The third kappa shape index (κ3) is 1.73. The molecule has 6 heteroatoms. The van der Waals surface area contributed by atoms with Crippen molar-refractivity contribution < 1.29 is 0 Å². The van der Waals surface area contributed by atoms with Crippen molar-refractivity contribution in [2.24, 2.45) is 0 Å². The highest BCUT2D eigenvalue weighted by molar-refractivity contribution is 6.32. The molecule has 14 heavy (non-hydrogen) atoms. The zero-order valence-electron chi connectivity index (χ0n) is 7.59. The van der Waals surface area contributed by atoms with Crippen LogP contribution in [0, 0.1) is 0 Å². The number of aromatic nitrogens is 2. The molecule has 1 fully saturated rings. The molecular formula is C8H11ClN4O. The first-order valence-electron chi connectivity index (χ1n) is 4.53. The Hall–Kier alpha value is -1.07. The maximum Gasteiger partial charge on any atom is 0.285 e. The molecule has 76 valence electrons. The predicted octanol–water partition coefficient (Wildman–Crippen LogP) is 0.528. The van der Waals surface area contributed by atoms with Gasteiger partial charge in [-0.25, -0.2) is 10.5 Å². The molecule has 0 radical (unpaired) electrons. The molecule has 1 aliphatic rings. The first-order valence-corrected chi connectivity index (χ1v) is 4.91. The molecule has 1 aromatic heterocycles. The van der Waals surface area contributed by atoms with E-state index in [2.05, 4.69) is 15.6 Å². The van der Waals surface area contributed by atoms with Crippen LogP contribution in [0.4, 0.5) is 5.69 Å². The quantitative estimate of drug-likeness (QED) is 0.716. The van der Waals surface area contributed by atoms with Crippen LogP contribution in [0.15, 0.2) is 11.0 Å². The van der Waals surface area contributed by atoms with Crippen molar-refractivity contribution in [2.45, 2.75) is 12.8 Å². The first-order chi connectivity index (χ1) is 6.79. The number of rotatable bonds is 1. The molecule has 0 unspecified atom stereocenters. The number of nitrogens with zero attached hydrogens (tertiary/aromatic N) is 2. The molecule has 1 aromatic rings. The number of anilines is 1. The van der Waals surface area contributed by atoms with Gasteiger partial charge in [-0.1, -0.05) is 11.6 Å². The Balaban J connectivity index is 2.30. The molecule has 0 saturated carbocycles. The number of hydrazine groups is 1. The Morgan fingerprint density at radius 3 is 3.07 bits per heavy atom. The van der Waals surface area contributed by atoms with E-state index in [1.165, 1.54) is 0 Å². The molecule has 1 aliphatic heterocycles. The number of H-pyrrole nitrogens is 1. The van der Waals surface area contributed by atoms with Crippen LogP contribution in [0.2, 0.25) is 5.02 Å². The van der Waals surface area contributed by atoms with Gasteiger partial charge in [-0.15, -0.1) is 0 Å². The second-order valence-corrected chi connectivity index (χ2v) is 3.54. The van der Waals surface area contributed by atoms with Crippen LogP contribution in [0.1, 0.15) is 12.8 Å². The summed E-state index contributed by atoms with van der Waals surface area (Å²) in [6.45, 7) is 1.76. The highest BCUT2D eigenvalue weighted by Gasteiger charge is 2.15. The molecule has 0 aromatic carbocycles. The highest BCUT2D eigenvalue weighted by atomic mass is 35.5. The lowest BCUT2D eigenvalue weighted by Gasteiger charge is -2.29. The minimum Gasteiger partial charge on any atom is -0.305 e. The van der Waals surface area contributed by atoms with Gasteiger partial charge in [0.2, 0.25) is 0 Å². The lowest BCUT2D eigenvalue weighted by molar-refractivity contribution is 0.510. The van der Waals surface area contributed by atoms with Crippen LogP contribution in [-0.4, -0.2) is 23.3 Å². The highest BCUT2D eigenvalue weighted by Crippen LogP contribution is 2.20. The van der Waals surface area contributed by atoms with E-state index in [4.69, 9.17) is 11.6 Å². The summed E-state index contributed by atoms with van der Waals surface area (Å²) in [6, 6.07) is 0. The smallest absolute Gasteiger partial charge is 0.285 e. The standard InChI is InChI=1S/C8H11ClN4O/c9-7-6(5-10-12-8(7)14)13-4-2-1-3-11-13/h5,11H,1-4H2,(H,12,14). The lowest BCUT2D eigenvalue weighted by Crippen LogP contribution is -2.44. The van der Waals surface area contributed by atoms with Crippen LogP contribution in [0.25, 0.3) is 0 Å². The number of aromatic amines is 1. The summed E-state index contributed by atoms with van der Waals surface area (Å²) in [5, 5.41) is 8.06. The van der Waals surface area contributed by atoms with Crippen LogP contribution in [0.3, 0.4) is 0 Å². The van der Waals surface area contributed by atoms with E-state index < -0.39 is 0 Å². The van der Waals surface area contributed by atoms with Gasteiger partial charge in [-0.2, -0.15) is 5.10 Å². The summed E-state index contributed by atoms with van der Waals surface area (Å²) in [5.74, 6) is 0. The normalized spacial score (nSPS) is 17.1. The second kappa shape index (κ2) is 3.98. The van der Waals surface area contributed by atoms with E-state index in [0.717, 1.165) is 25.9 Å². The Kier molecular flexibility index (Phi) is 2.69. The number of halogens is 1. The van der Waals surface area contributed by atoms with Gasteiger partial charge in [-0.3, -0.25) is 4.79 Å². The van der Waals surface area contributed by atoms with Crippen LogP contribution >= 0.6 is 11.6 Å². The van der Waals surface area contributed by atoms with E-state index >= 15 is 0 Å². The molecule has 0 amide bonds. The van der Waals surface area contributed by atoms with Crippen molar-refractivity contribution >= 4 is 17.3 Å². The van der Waals surface area contributed by atoms with Crippen molar-refractivity contribution in [2.75, 3.05) is 18.1 Å². The third-order valence-corrected chi connectivity index (χ3v) is 2.54. The fourth-order valence-electron chi connectivity index (χ4n) is 1.46. The second-order valence-electron chi connectivity index (χ2n) is 3.17. The van der Waals surface area contributed by atoms with Gasteiger partial charge in [0, 0.05) is 13.1 Å². The average Bonchev–Trinajstić information content (AvgIpc) is 2.23. The van der Waals surface area contributed by atoms with Gasteiger partial charge in [0.15, 0.2) is 0 Å². The fraction of sp³-hybridized carbons (Fsp3) is 0.500. The van der Waals surface area contributed by atoms with E-state index in [9.17, 15) is 4.79 Å². The number of hydrogen-bond acceptors (Lipinski definition) is 4. The molecule has 5 nitrogen and oxygen atoms in total. The van der Waals surface area contributed by atoms with Gasteiger partial charge in [0.05, 0.1) is 11.9 Å². The summed E-state index contributed by atoms with van der Waals surface area (Å²) in [5.41, 5.74) is 3.46. The molecule has 2 rings (SSSR count). The van der Waals surface area contributed by atoms with Crippen molar-refractivity contribution in [3.63, 3.8) is 0 Å². The summed E-state index contributed by atoms with van der Waals surface area (Å²) in [7, 11) is 0. The number of hydrogen-bond donors (Lipinski definition) is 2. The Morgan fingerprint density at radius 2 is 2.36 bits per heavy atom. The minimum absolute atomic E-state index is 0.189. The largest absolute Gasteiger partial charge is 0.305 e. The summed E-state index contributed by atoms with van der Waals surface area (Å²) < 4.78 is 0. The molecular weight excluding hydrogens is 204 g/mol. The third-order valence-electron chi connectivity index (χ3n) is 2.18. The fourth-order valence-corrected chi connectivity index (χ4v) is 1.65. The molecule has 1 saturated heterocycles. The first kappa shape index (κ1) is 9.48. The zero-order valence-corrected chi connectivity index (χ0v) is 8.34. The van der Waals surface area contributed by atoms with Crippen molar-refractivity contribution in [3.05, 3.63) is 21.6 Å². The van der Waals surface area contributed by atoms with Crippen LogP contribution < -0.4 is 16.0 Å². The van der Waals surface area contributed by atoms with E-state index in [1.807, 2.05) is 5.01 Å². The van der Waals surface area contributed by atoms with Crippen molar-refractivity contribution in [1.29, 1.82) is 0 Å². The van der Waals surface area contributed by atoms with E-state index in [-0.39, 0.29) is 10.6 Å². The van der Waals surface area contributed by atoms with Gasteiger partial charge in [0.25, 0.3) is 5.56 Å². The number of nitrogens with one attached hydrogen (secondary N) is 2.